The van der Waals surface area contributed by atoms with E-state index in [2.05, 4.69) is 43.0 Å². The van der Waals surface area contributed by atoms with Crippen LogP contribution in [0.2, 0.25) is 0 Å². The number of rotatable bonds is 2. The lowest BCUT2D eigenvalue weighted by atomic mass is 9.78. The molecule has 28 heavy (non-hydrogen) atoms. The van der Waals surface area contributed by atoms with Gasteiger partial charge in [0, 0.05) is 16.9 Å². The van der Waals surface area contributed by atoms with Crippen molar-refractivity contribution in [3.8, 4) is 11.8 Å². The van der Waals surface area contributed by atoms with Crippen molar-refractivity contribution in [3.05, 3.63) is 82.9 Å². The molecule has 0 amide bonds. The second-order valence-corrected chi connectivity index (χ2v) is 7.71. The van der Waals surface area contributed by atoms with Crippen molar-refractivity contribution in [1.82, 2.24) is 0 Å². The zero-order valence-corrected chi connectivity index (χ0v) is 16.1. The molecule has 1 aliphatic carbocycles. The Hall–Kier alpha value is -2.66. The van der Waals surface area contributed by atoms with Gasteiger partial charge in [0.25, 0.3) is 0 Å². The standard InChI is InChI=1S/C26H24F2/c1-2-18-3-5-19(6-4-18)7-8-20-9-11-21(12-10-20)22-13-15-24-23(17-22)14-16-25(27)26(24)28/h3-6,13-17,20-21H,2,9-12H2,1H3. The Kier molecular flexibility index (Phi) is 5.44. The number of hydrogen-bond acceptors (Lipinski definition) is 0. The van der Waals surface area contributed by atoms with Crippen LogP contribution in [0.15, 0.2) is 54.6 Å². The predicted molar refractivity (Wildman–Crippen MR) is 111 cm³/mol. The molecule has 0 N–H and O–H groups in total. The van der Waals surface area contributed by atoms with Gasteiger partial charge >= 0.3 is 0 Å². The van der Waals surface area contributed by atoms with Crippen molar-refractivity contribution >= 4 is 10.8 Å². The minimum Gasteiger partial charge on any atom is -0.204 e. The molecule has 1 saturated carbocycles. The summed E-state index contributed by atoms with van der Waals surface area (Å²) in [6, 6.07) is 17.1. The summed E-state index contributed by atoms with van der Waals surface area (Å²) in [5, 5.41) is 1.13. The molecule has 3 aromatic carbocycles. The average Bonchev–Trinajstić information content (AvgIpc) is 2.75. The number of aryl methyl sites for hydroxylation is 1. The van der Waals surface area contributed by atoms with Gasteiger partial charge in [-0.1, -0.05) is 55.2 Å². The maximum atomic E-state index is 13.9. The summed E-state index contributed by atoms with van der Waals surface area (Å²) in [5.74, 6) is 6.15. The lowest BCUT2D eigenvalue weighted by Gasteiger charge is -2.26. The van der Waals surface area contributed by atoms with Crippen molar-refractivity contribution < 1.29 is 8.78 Å². The highest BCUT2D eigenvalue weighted by Crippen LogP contribution is 2.37. The molecule has 0 atom stereocenters. The van der Waals surface area contributed by atoms with Gasteiger partial charge in [0.05, 0.1) is 0 Å². The molecule has 0 aliphatic heterocycles. The van der Waals surface area contributed by atoms with Crippen molar-refractivity contribution in [2.75, 3.05) is 0 Å². The number of fused-ring (bicyclic) bond motifs is 1. The largest absolute Gasteiger partial charge is 0.204 e. The molecule has 1 fully saturated rings. The van der Waals surface area contributed by atoms with Gasteiger partial charge in [-0.2, -0.15) is 0 Å². The van der Waals surface area contributed by atoms with Crippen LogP contribution in [0.1, 0.15) is 55.2 Å². The average molecular weight is 374 g/mol. The molecule has 1 aliphatic rings. The summed E-state index contributed by atoms with van der Waals surface area (Å²) < 4.78 is 27.3. The molecular weight excluding hydrogens is 350 g/mol. The van der Waals surface area contributed by atoms with E-state index in [4.69, 9.17) is 0 Å². The maximum absolute atomic E-state index is 13.9. The first-order valence-electron chi connectivity index (χ1n) is 10.1. The highest BCUT2D eigenvalue weighted by molar-refractivity contribution is 5.84. The molecule has 2 heteroatoms. The lowest BCUT2D eigenvalue weighted by molar-refractivity contribution is 0.385. The third-order valence-electron chi connectivity index (χ3n) is 5.91. The molecule has 142 valence electrons. The zero-order valence-electron chi connectivity index (χ0n) is 16.1. The van der Waals surface area contributed by atoms with E-state index in [1.807, 2.05) is 12.1 Å². The third-order valence-corrected chi connectivity index (χ3v) is 5.91. The molecule has 4 rings (SSSR count). The van der Waals surface area contributed by atoms with Crippen LogP contribution in [0.3, 0.4) is 0 Å². The van der Waals surface area contributed by atoms with Crippen LogP contribution in [-0.2, 0) is 6.42 Å². The van der Waals surface area contributed by atoms with Gasteiger partial charge in [0.2, 0.25) is 0 Å². The zero-order chi connectivity index (χ0) is 19.5. The topological polar surface area (TPSA) is 0 Å². The Labute approximate surface area is 165 Å². The second-order valence-electron chi connectivity index (χ2n) is 7.71. The fourth-order valence-electron chi connectivity index (χ4n) is 4.12. The summed E-state index contributed by atoms with van der Waals surface area (Å²) in [7, 11) is 0. The summed E-state index contributed by atoms with van der Waals surface area (Å²) in [4.78, 5) is 0. The van der Waals surface area contributed by atoms with E-state index in [-0.39, 0.29) is 0 Å². The minimum atomic E-state index is -0.788. The smallest absolute Gasteiger partial charge is 0.166 e. The Balaban J connectivity index is 1.42. The van der Waals surface area contributed by atoms with Crippen LogP contribution >= 0.6 is 0 Å². The molecule has 0 heterocycles. The van der Waals surface area contributed by atoms with Gasteiger partial charge in [0.15, 0.2) is 11.6 Å². The van der Waals surface area contributed by atoms with E-state index in [1.165, 1.54) is 17.2 Å². The number of halogens is 2. The minimum absolute atomic E-state index is 0.359. The first-order chi connectivity index (χ1) is 13.6. The van der Waals surface area contributed by atoms with E-state index in [9.17, 15) is 8.78 Å². The SMILES string of the molecule is CCc1ccc(C#CC2CCC(c3ccc4c(F)c(F)ccc4c3)CC2)cc1. The van der Waals surface area contributed by atoms with Crippen molar-refractivity contribution in [3.63, 3.8) is 0 Å². The molecule has 0 aromatic heterocycles. The van der Waals surface area contributed by atoms with Crippen molar-refractivity contribution in [2.24, 2.45) is 5.92 Å². The van der Waals surface area contributed by atoms with Gasteiger partial charge in [-0.15, -0.1) is 0 Å². The highest BCUT2D eigenvalue weighted by atomic mass is 19.2. The van der Waals surface area contributed by atoms with Crippen LogP contribution in [0.4, 0.5) is 8.78 Å². The molecule has 3 aromatic rings. The fourth-order valence-corrected chi connectivity index (χ4v) is 4.12. The predicted octanol–water partition coefficient (Wildman–Crippen LogP) is 7.01. The van der Waals surface area contributed by atoms with E-state index < -0.39 is 11.6 Å². The first kappa shape index (κ1) is 18.7. The van der Waals surface area contributed by atoms with Gasteiger partial charge < -0.3 is 0 Å². The van der Waals surface area contributed by atoms with Crippen LogP contribution in [0, 0.1) is 29.4 Å². The molecular formula is C26H24F2. The monoisotopic (exact) mass is 374 g/mol. The maximum Gasteiger partial charge on any atom is 0.166 e. The summed E-state index contributed by atoms with van der Waals surface area (Å²) in [6.45, 7) is 2.16. The van der Waals surface area contributed by atoms with E-state index in [0.29, 0.717) is 17.2 Å². The second kappa shape index (κ2) is 8.15. The Bertz CT molecular complexity index is 1030. The van der Waals surface area contributed by atoms with Crippen molar-refractivity contribution in [2.45, 2.75) is 44.9 Å². The molecule has 0 unspecified atom stereocenters. The molecule has 0 spiro atoms. The lowest BCUT2D eigenvalue weighted by Crippen LogP contribution is -2.12. The molecule has 0 nitrogen and oxygen atoms in total. The normalized spacial score (nSPS) is 19.2. The Morgan fingerprint density at radius 2 is 1.64 bits per heavy atom. The third kappa shape index (κ3) is 3.94. The number of benzene rings is 3. The van der Waals surface area contributed by atoms with Gasteiger partial charge in [-0.25, -0.2) is 8.78 Å². The van der Waals surface area contributed by atoms with E-state index in [0.717, 1.165) is 43.1 Å². The Morgan fingerprint density at radius 3 is 2.36 bits per heavy atom. The van der Waals surface area contributed by atoms with Gasteiger partial charge in [-0.05, 0) is 72.7 Å². The van der Waals surface area contributed by atoms with Gasteiger partial charge in [0.1, 0.15) is 0 Å². The van der Waals surface area contributed by atoms with E-state index in [1.54, 1.807) is 12.1 Å². The number of hydrogen-bond donors (Lipinski definition) is 0. The fraction of sp³-hybridized carbons (Fsp3) is 0.308. The highest BCUT2D eigenvalue weighted by Gasteiger charge is 2.21. The van der Waals surface area contributed by atoms with Crippen LogP contribution in [0.5, 0.6) is 0 Å². The molecule has 0 saturated heterocycles. The van der Waals surface area contributed by atoms with Crippen LogP contribution in [-0.4, -0.2) is 0 Å². The quantitative estimate of drug-likeness (QED) is 0.423. The van der Waals surface area contributed by atoms with Crippen LogP contribution < -0.4 is 0 Å². The van der Waals surface area contributed by atoms with Crippen molar-refractivity contribution in [1.29, 1.82) is 0 Å². The summed E-state index contributed by atoms with van der Waals surface area (Å²) in [6.07, 6.45) is 5.39. The summed E-state index contributed by atoms with van der Waals surface area (Å²) >= 11 is 0. The first-order valence-corrected chi connectivity index (χ1v) is 10.1. The Morgan fingerprint density at radius 1 is 0.893 bits per heavy atom. The molecule has 0 bridgehead atoms. The summed E-state index contributed by atoms with van der Waals surface area (Å²) in [5.41, 5.74) is 3.65. The molecule has 0 radical (unpaired) electrons. The van der Waals surface area contributed by atoms with Crippen LogP contribution in [0.25, 0.3) is 10.8 Å². The van der Waals surface area contributed by atoms with Gasteiger partial charge in [-0.3, -0.25) is 0 Å². The van der Waals surface area contributed by atoms with E-state index >= 15 is 0 Å².